The number of aromatic nitrogens is 2. The second-order valence-corrected chi connectivity index (χ2v) is 9.77. The number of piperazine rings is 1. The number of nitrogens with one attached hydrogen (secondary N) is 2. The minimum atomic E-state index is -3.48. The minimum absolute atomic E-state index is 0.0263. The molecule has 12 heteroatoms. The molecular formula is C32H28N8O4. The van der Waals surface area contributed by atoms with E-state index in [2.05, 4.69) is 20.6 Å². The van der Waals surface area contributed by atoms with Crippen LogP contribution in [-0.2, 0) is 9.59 Å². The van der Waals surface area contributed by atoms with Crippen molar-refractivity contribution in [3.05, 3.63) is 96.3 Å². The van der Waals surface area contributed by atoms with Crippen molar-refractivity contribution in [2.75, 3.05) is 59.5 Å². The molecule has 0 radical (unpaired) electrons. The minimum Gasteiger partial charge on any atom is -0.319 e. The first-order valence-electron chi connectivity index (χ1n) is 17.4. The highest BCUT2D eigenvalue weighted by molar-refractivity contribution is 6.18. The summed E-state index contributed by atoms with van der Waals surface area (Å²) in [6.07, 6.45) is 2.68. The van der Waals surface area contributed by atoms with Crippen molar-refractivity contribution in [2.24, 2.45) is 0 Å². The van der Waals surface area contributed by atoms with E-state index in [1.807, 2.05) is 0 Å². The number of hydrogen-bond donors (Lipinski definition) is 2. The number of anilines is 6. The molecule has 3 aliphatic heterocycles. The molecule has 0 bridgehead atoms. The van der Waals surface area contributed by atoms with Crippen LogP contribution in [0.25, 0.3) is 0 Å². The quantitative estimate of drug-likeness (QED) is 0.367. The molecule has 0 saturated carbocycles. The molecule has 4 amide bonds. The van der Waals surface area contributed by atoms with Gasteiger partial charge in [-0.2, -0.15) is 0 Å². The standard InChI is InChI=1S/C32H28N8O4/c41-27(39-25-11-3-1-7-21(25)31(43)35-23-9-5-13-33-29(23)39)19-37-15-17-38(18-16-37)20-28(42)40-26-12-4-2-8-22(26)32(44)36-24-10-6-14-34-30(24)40/h1-14H,15-20H2,(H,35,43)(H,36,44)/i15D2,16D2,17D2,18D2. The van der Waals surface area contributed by atoms with Gasteiger partial charge in [-0.25, -0.2) is 9.97 Å². The third-order valence-electron chi connectivity index (χ3n) is 7.00. The van der Waals surface area contributed by atoms with Crippen LogP contribution in [0, 0.1) is 0 Å². The summed E-state index contributed by atoms with van der Waals surface area (Å²) in [6.45, 7) is -16.4. The number of hydrogen-bond acceptors (Lipinski definition) is 8. The Balaban J connectivity index is 1.26. The van der Waals surface area contributed by atoms with E-state index in [-0.39, 0.29) is 55.3 Å². The van der Waals surface area contributed by atoms with E-state index in [9.17, 15) is 19.2 Å². The Labute approximate surface area is 264 Å². The smallest absolute Gasteiger partial charge is 0.257 e. The molecule has 3 aliphatic rings. The van der Waals surface area contributed by atoms with Gasteiger partial charge in [-0.05, 0) is 48.5 Å². The Morgan fingerprint density at radius 2 is 1.05 bits per heavy atom. The van der Waals surface area contributed by atoms with Gasteiger partial charge in [0.15, 0.2) is 11.6 Å². The van der Waals surface area contributed by atoms with Gasteiger partial charge in [0, 0.05) is 49.3 Å². The average Bonchev–Trinajstić information content (AvgIpc) is 3.31. The molecule has 12 nitrogen and oxygen atoms in total. The molecule has 5 heterocycles. The first-order valence-corrected chi connectivity index (χ1v) is 13.4. The van der Waals surface area contributed by atoms with E-state index < -0.39 is 62.7 Å². The van der Waals surface area contributed by atoms with Gasteiger partial charge in [-0.15, -0.1) is 0 Å². The monoisotopic (exact) mass is 596 g/mol. The third-order valence-corrected chi connectivity index (χ3v) is 7.00. The van der Waals surface area contributed by atoms with Gasteiger partial charge in [0.05, 0.1) is 47.0 Å². The van der Waals surface area contributed by atoms with Crippen LogP contribution in [0.1, 0.15) is 31.7 Å². The molecular weight excluding hydrogens is 560 g/mol. The van der Waals surface area contributed by atoms with Crippen LogP contribution in [0.5, 0.6) is 0 Å². The zero-order chi connectivity index (χ0) is 37.4. The van der Waals surface area contributed by atoms with Crippen molar-refractivity contribution in [2.45, 2.75) is 0 Å². The Bertz CT molecular complexity index is 1990. The van der Waals surface area contributed by atoms with Gasteiger partial charge < -0.3 is 10.6 Å². The number of rotatable bonds is 4. The first kappa shape index (κ1) is 19.7. The van der Waals surface area contributed by atoms with Gasteiger partial charge in [-0.3, -0.25) is 38.8 Å². The zero-order valence-electron chi connectivity index (χ0n) is 30.8. The molecule has 2 N–H and O–H groups in total. The topological polar surface area (TPSA) is 131 Å². The summed E-state index contributed by atoms with van der Waals surface area (Å²) in [5.74, 6) is -3.45. The van der Waals surface area contributed by atoms with E-state index in [0.717, 1.165) is 9.80 Å². The molecule has 1 fully saturated rings. The number of nitrogens with zero attached hydrogens (tertiary/aromatic N) is 6. The Hall–Kier alpha value is -5.46. The molecule has 7 rings (SSSR count). The number of amides is 4. The van der Waals surface area contributed by atoms with E-state index in [4.69, 9.17) is 11.0 Å². The zero-order valence-corrected chi connectivity index (χ0v) is 22.8. The van der Waals surface area contributed by atoms with Gasteiger partial charge in [0.2, 0.25) is 11.8 Å². The number of pyridine rings is 2. The molecule has 2 aromatic carbocycles. The van der Waals surface area contributed by atoms with Crippen molar-refractivity contribution in [3.63, 3.8) is 0 Å². The first-order chi connectivity index (χ1) is 24.5. The largest absolute Gasteiger partial charge is 0.319 e. The summed E-state index contributed by atoms with van der Waals surface area (Å²) in [5, 5.41) is 5.30. The third kappa shape index (κ3) is 4.95. The predicted octanol–water partition coefficient (Wildman–Crippen LogP) is 3.26. The highest BCUT2D eigenvalue weighted by Gasteiger charge is 2.34. The highest BCUT2D eigenvalue weighted by Crippen LogP contribution is 2.37. The van der Waals surface area contributed by atoms with Crippen LogP contribution >= 0.6 is 0 Å². The van der Waals surface area contributed by atoms with Crippen molar-refractivity contribution in [3.8, 4) is 0 Å². The molecule has 0 unspecified atom stereocenters. The van der Waals surface area contributed by atoms with E-state index in [0.29, 0.717) is 0 Å². The molecule has 0 atom stereocenters. The lowest BCUT2D eigenvalue weighted by Gasteiger charge is -2.35. The number of carbonyl (C=O) groups excluding carboxylic acids is 4. The lowest BCUT2D eigenvalue weighted by Crippen LogP contribution is -2.51. The summed E-state index contributed by atoms with van der Waals surface area (Å²) >= 11 is 0. The molecule has 4 aromatic rings. The maximum Gasteiger partial charge on any atom is 0.257 e. The SMILES string of the molecule is [2H]C1([2H])N(CC(=O)N2c3ccccc3C(=O)Nc3cccnc32)C([2H])([2H])C([2H])([2H])N(CC(=O)N2c3ccccc3C(=O)Nc3cccnc32)C1([2H])[2H]. The molecule has 2 aromatic heterocycles. The number of fused-ring (bicyclic) bond motifs is 4. The Morgan fingerprint density at radius 1 is 0.636 bits per heavy atom. The lowest BCUT2D eigenvalue weighted by atomic mass is 10.1. The molecule has 0 aliphatic carbocycles. The number of carbonyl (C=O) groups is 4. The summed E-state index contributed by atoms with van der Waals surface area (Å²) < 4.78 is 71.4. The molecule has 1 saturated heterocycles. The lowest BCUT2D eigenvalue weighted by molar-refractivity contribution is -0.121. The van der Waals surface area contributed by atoms with Crippen molar-refractivity contribution < 1.29 is 30.1 Å². The Kier molecular flexibility index (Phi) is 5.06. The van der Waals surface area contributed by atoms with Gasteiger partial charge >= 0.3 is 0 Å². The van der Waals surface area contributed by atoms with Crippen molar-refractivity contribution in [1.82, 2.24) is 19.8 Å². The molecule has 220 valence electrons. The van der Waals surface area contributed by atoms with Crippen LogP contribution < -0.4 is 20.4 Å². The van der Waals surface area contributed by atoms with Crippen LogP contribution in [0.2, 0.25) is 0 Å². The summed E-state index contributed by atoms with van der Waals surface area (Å²) in [7, 11) is 0. The van der Waals surface area contributed by atoms with Crippen LogP contribution in [0.4, 0.5) is 34.4 Å². The summed E-state index contributed by atoms with van der Waals surface area (Å²) in [6, 6.07) is 17.9. The van der Waals surface area contributed by atoms with Gasteiger partial charge in [-0.1, -0.05) is 24.3 Å². The van der Waals surface area contributed by atoms with Crippen molar-refractivity contribution >= 4 is 58.0 Å². The van der Waals surface area contributed by atoms with E-state index in [1.165, 1.54) is 73.1 Å². The second kappa shape index (κ2) is 11.3. The number of benzene rings is 2. The number of para-hydroxylation sites is 2. The molecule has 44 heavy (non-hydrogen) atoms. The van der Waals surface area contributed by atoms with Crippen LogP contribution in [0.3, 0.4) is 0 Å². The maximum absolute atomic E-state index is 14.2. The van der Waals surface area contributed by atoms with E-state index >= 15 is 0 Å². The van der Waals surface area contributed by atoms with Gasteiger partial charge in [0.1, 0.15) is 0 Å². The fraction of sp³-hybridized carbons (Fsp3) is 0.188. The summed E-state index contributed by atoms with van der Waals surface area (Å²) in [4.78, 5) is 65.2. The second-order valence-electron chi connectivity index (χ2n) is 9.77. The fourth-order valence-corrected chi connectivity index (χ4v) is 5.05. The van der Waals surface area contributed by atoms with Crippen LogP contribution in [0.15, 0.2) is 85.2 Å². The van der Waals surface area contributed by atoms with Gasteiger partial charge in [0.25, 0.3) is 11.8 Å². The molecule has 0 spiro atoms. The fourth-order valence-electron chi connectivity index (χ4n) is 5.05. The maximum atomic E-state index is 14.2. The highest BCUT2D eigenvalue weighted by atomic mass is 16.2. The normalized spacial score (nSPS) is 23.6. The predicted molar refractivity (Wildman–Crippen MR) is 164 cm³/mol. The van der Waals surface area contributed by atoms with Crippen molar-refractivity contribution in [1.29, 1.82) is 0 Å². The van der Waals surface area contributed by atoms with E-state index in [1.54, 1.807) is 12.1 Å². The van der Waals surface area contributed by atoms with Crippen LogP contribution in [-0.4, -0.2) is 82.5 Å². The summed E-state index contributed by atoms with van der Waals surface area (Å²) in [5.41, 5.74) is 0.353. The Morgan fingerprint density at radius 3 is 1.48 bits per heavy atom. The average molecular weight is 597 g/mol.